The molecule has 0 aliphatic carbocycles. The zero-order valence-electron chi connectivity index (χ0n) is 12.0. The van der Waals surface area contributed by atoms with E-state index in [0.29, 0.717) is 0 Å². The summed E-state index contributed by atoms with van der Waals surface area (Å²) >= 11 is 0. The van der Waals surface area contributed by atoms with Crippen LogP contribution in [0.15, 0.2) is 18.3 Å². The number of rotatable bonds is 4. The maximum absolute atomic E-state index is 12.0. The van der Waals surface area contributed by atoms with Crippen molar-refractivity contribution in [3.05, 3.63) is 18.3 Å². The van der Waals surface area contributed by atoms with E-state index in [1.54, 1.807) is 6.07 Å². The quantitative estimate of drug-likeness (QED) is 0.794. The van der Waals surface area contributed by atoms with Gasteiger partial charge in [0.25, 0.3) is 6.43 Å². The Labute approximate surface area is 117 Å². The third-order valence-corrected chi connectivity index (χ3v) is 3.64. The summed E-state index contributed by atoms with van der Waals surface area (Å²) < 4.78 is 40.6. The second kappa shape index (κ2) is 5.29. The van der Waals surface area contributed by atoms with Gasteiger partial charge in [-0.25, -0.2) is 13.8 Å². The molecule has 0 amide bonds. The van der Waals surface area contributed by atoms with Crippen LogP contribution < -0.4 is 10.2 Å². The molecule has 0 aromatic carbocycles. The average molecular weight is 285 g/mol. The highest BCUT2D eigenvalue weighted by Gasteiger charge is 2.51. The van der Waals surface area contributed by atoms with Gasteiger partial charge in [0.15, 0.2) is 6.61 Å². The van der Waals surface area contributed by atoms with Crippen LogP contribution in [-0.2, 0) is 9.31 Å². The Kier molecular flexibility index (Phi) is 4.02. The Bertz CT molecular complexity index is 449. The van der Waals surface area contributed by atoms with Crippen molar-refractivity contribution in [3.63, 3.8) is 0 Å². The van der Waals surface area contributed by atoms with Gasteiger partial charge < -0.3 is 14.0 Å². The molecule has 1 aliphatic rings. The molecule has 2 heterocycles. The fourth-order valence-electron chi connectivity index (χ4n) is 1.74. The van der Waals surface area contributed by atoms with Crippen molar-refractivity contribution in [2.24, 2.45) is 0 Å². The number of nitrogens with zero attached hydrogens (tertiary/aromatic N) is 1. The Balaban J connectivity index is 2.05. The van der Waals surface area contributed by atoms with Gasteiger partial charge in [0.2, 0.25) is 5.88 Å². The summed E-state index contributed by atoms with van der Waals surface area (Å²) in [6.45, 7) is 7.17. The average Bonchev–Trinajstić information content (AvgIpc) is 2.56. The van der Waals surface area contributed by atoms with E-state index in [-0.39, 0.29) is 5.88 Å². The molecule has 1 aliphatic heterocycles. The summed E-state index contributed by atoms with van der Waals surface area (Å²) in [5, 5.41) is 0. The minimum Gasteiger partial charge on any atom is -0.472 e. The van der Waals surface area contributed by atoms with E-state index in [1.807, 2.05) is 27.7 Å². The molecule has 0 bridgehead atoms. The normalized spacial score (nSPS) is 20.4. The van der Waals surface area contributed by atoms with Crippen molar-refractivity contribution in [3.8, 4) is 5.88 Å². The third-order valence-electron chi connectivity index (χ3n) is 3.64. The molecule has 0 unspecified atom stereocenters. The Morgan fingerprint density at radius 3 is 2.25 bits per heavy atom. The summed E-state index contributed by atoms with van der Waals surface area (Å²) in [5.74, 6) is 0.158. The molecule has 1 saturated heterocycles. The van der Waals surface area contributed by atoms with E-state index in [4.69, 9.17) is 14.0 Å². The fraction of sp³-hybridized carbons (Fsp3) is 0.615. The maximum Gasteiger partial charge on any atom is 0.496 e. The van der Waals surface area contributed by atoms with Crippen molar-refractivity contribution in [2.45, 2.75) is 45.3 Å². The van der Waals surface area contributed by atoms with Gasteiger partial charge in [0.1, 0.15) is 0 Å². The van der Waals surface area contributed by atoms with Gasteiger partial charge in [-0.1, -0.05) is 6.07 Å². The summed E-state index contributed by atoms with van der Waals surface area (Å²) in [6.07, 6.45) is -0.997. The smallest absolute Gasteiger partial charge is 0.472 e. The Hall–Kier alpha value is -1.21. The lowest BCUT2D eigenvalue weighted by molar-refractivity contribution is 0.00578. The fourth-order valence-corrected chi connectivity index (χ4v) is 1.74. The number of hydrogen-bond acceptors (Lipinski definition) is 4. The maximum atomic E-state index is 12.0. The van der Waals surface area contributed by atoms with Gasteiger partial charge in [0, 0.05) is 11.7 Å². The molecule has 110 valence electrons. The first-order chi connectivity index (χ1) is 9.21. The number of aromatic nitrogens is 1. The minimum absolute atomic E-state index is 0.158. The lowest BCUT2D eigenvalue weighted by Gasteiger charge is -2.32. The molecule has 2 rings (SSSR count). The molecule has 20 heavy (non-hydrogen) atoms. The molecule has 1 fully saturated rings. The predicted molar refractivity (Wildman–Crippen MR) is 71.5 cm³/mol. The SMILES string of the molecule is CC1(C)OB(c2ccc(OCC(F)F)nc2)OC1(C)C. The largest absolute Gasteiger partial charge is 0.496 e. The van der Waals surface area contributed by atoms with Gasteiger partial charge in [-0.05, 0) is 33.8 Å². The third kappa shape index (κ3) is 3.09. The zero-order chi connectivity index (χ0) is 15.0. The first-order valence-electron chi connectivity index (χ1n) is 6.44. The van der Waals surface area contributed by atoms with E-state index in [0.717, 1.165) is 5.46 Å². The molecular weight excluding hydrogens is 267 g/mol. The number of pyridine rings is 1. The lowest BCUT2D eigenvalue weighted by Crippen LogP contribution is -2.41. The Morgan fingerprint density at radius 2 is 1.80 bits per heavy atom. The molecule has 0 saturated carbocycles. The monoisotopic (exact) mass is 285 g/mol. The van der Waals surface area contributed by atoms with E-state index in [9.17, 15) is 8.78 Å². The van der Waals surface area contributed by atoms with Crippen molar-refractivity contribution in [1.82, 2.24) is 4.98 Å². The molecule has 0 radical (unpaired) electrons. The van der Waals surface area contributed by atoms with Crippen LogP contribution in [0.5, 0.6) is 5.88 Å². The summed E-state index contributed by atoms with van der Waals surface area (Å²) in [4.78, 5) is 3.98. The summed E-state index contributed by atoms with van der Waals surface area (Å²) in [7, 11) is -0.517. The topological polar surface area (TPSA) is 40.6 Å². The molecule has 0 atom stereocenters. The van der Waals surface area contributed by atoms with Crippen LogP contribution in [0.25, 0.3) is 0 Å². The van der Waals surface area contributed by atoms with Crippen molar-refractivity contribution in [2.75, 3.05) is 6.61 Å². The second-order valence-electron chi connectivity index (χ2n) is 5.72. The number of hydrogen-bond donors (Lipinski definition) is 0. The van der Waals surface area contributed by atoms with Crippen LogP contribution >= 0.6 is 0 Å². The first kappa shape index (κ1) is 15.2. The molecule has 4 nitrogen and oxygen atoms in total. The molecule has 7 heteroatoms. The van der Waals surface area contributed by atoms with Crippen LogP contribution in [0.4, 0.5) is 8.78 Å². The number of halogens is 2. The first-order valence-corrected chi connectivity index (χ1v) is 6.44. The standard InChI is InChI=1S/C13H18BF2NO3/c1-12(2)13(3,4)20-14(19-12)9-5-6-11(17-7-9)18-8-10(15)16/h5-7,10H,8H2,1-4H3. The Morgan fingerprint density at radius 1 is 1.20 bits per heavy atom. The van der Waals surface area contributed by atoms with E-state index >= 15 is 0 Å². The van der Waals surface area contributed by atoms with Crippen molar-refractivity contribution < 1.29 is 22.8 Å². The van der Waals surface area contributed by atoms with Gasteiger partial charge in [-0.3, -0.25) is 0 Å². The second-order valence-corrected chi connectivity index (χ2v) is 5.72. The van der Waals surface area contributed by atoms with Gasteiger partial charge in [-0.2, -0.15) is 0 Å². The highest BCUT2D eigenvalue weighted by Crippen LogP contribution is 2.36. The summed E-state index contributed by atoms with van der Waals surface area (Å²) in [5.41, 5.74) is -0.126. The zero-order valence-corrected chi connectivity index (χ0v) is 12.0. The van der Waals surface area contributed by atoms with Gasteiger partial charge >= 0.3 is 7.12 Å². The van der Waals surface area contributed by atoms with E-state index in [1.165, 1.54) is 12.3 Å². The number of alkyl halides is 2. The summed E-state index contributed by atoms with van der Waals surface area (Å²) in [6, 6.07) is 3.23. The molecular formula is C13H18BF2NO3. The highest BCUT2D eigenvalue weighted by molar-refractivity contribution is 6.62. The minimum atomic E-state index is -2.51. The molecule has 1 aromatic rings. The molecule has 0 N–H and O–H groups in total. The predicted octanol–water partition coefficient (Wildman–Crippen LogP) is 2.02. The van der Waals surface area contributed by atoms with E-state index < -0.39 is 31.4 Å². The van der Waals surface area contributed by atoms with Crippen LogP contribution in [0.1, 0.15) is 27.7 Å². The van der Waals surface area contributed by atoms with Crippen LogP contribution in [0.2, 0.25) is 0 Å². The van der Waals surface area contributed by atoms with E-state index in [2.05, 4.69) is 4.98 Å². The van der Waals surface area contributed by atoms with Crippen LogP contribution in [0.3, 0.4) is 0 Å². The van der Waals surface area contributed by atoms with Crippen molar-refractivity contribution >= 4 is 12.6 Å². The molecule has 0 spiro atoms. The van der Waals surface area contributed by atoms with Crippen LogP contribution in [0, 0.1) is 0 Å². The molecule has 1 aromatic heterocycles. The number of ether oxygens (including phenoxy) is 1. The van der Waals surface area contributed by atoms with Gasteiger partial charge in [0.05, 0.1) is 11.2 Å². The van der Waals surface area contributed by atoms with Gasteiger partial charge in [-0.15, -0.1) is 0 Å². The highest BCUT2D eigenvalue weighted by atomic mass is 19.3. The van der Waals surface area contributed by atoms with Crippen LogP contribution in [-0.4, -0.2) is 36.3 Å². The lowest BCUT2D eigenvalue weighted by atomic mass is 9.80. The van der Waals surface area contributed by atoms with Crippen molar-refractivity contribution in [1.29, 1.82) is 0 Å².